The normalized spacial score (nSPS) is 13.6. The molecule has 1 aliphatic rings. The van der Waals surface area contributed by atoms with Crippen molar-refractivity contribution in [1.29, 1.82) is 0 Å². The molecule has 3 heteroatoms. The Morgan fingerprint density at radius 2 is 1.29 bits per heavy atom. The first-order valence-electron chi connectivity index (χ1n) is 10.4. The van der Waals surface area contributed by atoms with Crippen molar-refractivity contribution >= 4 is 11.4 Å². The number of halogens is 2. The van der Waals surface area contributed by atoms with Crippen LogP contribution in [0.25, 0.3) is 22.3 Å². The van der Waals surface area contributed by atoms with Gasteiger partial charge in [-0.25, -0.2) is 8.78 Å². The van der Waals surface area contributed by atoms with E-state index in [0.717, 1.165) is 16.7 Å². The minimum atomic E-state index is -0.383. The van der Waals surface area contributed by atoms with Crippen LogP contribution in [0.1, 0.15) is 25.0 Å². The number of fused-ring (bicyclic) bond motifs is 3. The third kappa shape index (κ3) is 2.96. The van der Waals surface area contributed by atoms with Gasteiger partial charge in [0.25, 0.3) is 0 Å². The molecule has 0 fully saturated rings. The Morgan fingerprint density at radius 1 is 0.645 bits per heavy atom. The highest BCUT2D eigenvalue weighted by atomic mass is 19.1. The summed E-state index contributed by atoms with van der Waals surface area (Å²) in [5, 5.41) is 0. The molecule has 0 atom stereocenters. The number of hydrogen-bond donors (Lipinski definition) is 0. The van der Waals surface area contributed by atoms with Crippen LogP contribution >= 0.6 is 0 Å². The summed E-state index contributed by atoms with van der Waals surface area (Å²) in [5.41, 5.74) is 7.29. The van der Waals surface area contributed by atoms with Gasteiger partial charge >= 0.3 is 0 Å². The van der Waals surface area contributed by atoms with E-state index < -0.39 is 0 Å². The van der Waals surface area contributed by atoms with Crippen LogP contribution in [-0.2, 0) is 5.41 Å². The van der Waals surface area contributed by atoms with Crippen molar-refractivity contribution in [3.63, 3.8) is 0 Å². The monoisotopic (exact) mass is 411 g/mol. The summed E-state index contributed by atoms with van der Waals surface area (Å²) in [4.78, 5) is 1.54. The molecule has 0 bridgehead atoms. The summed E-state index contributed by atoms with van der Waals surface area (Å²) >= 11 is 0. The smallest absolute Gasteiger partial charge is 0.147 e. The lowest BCUT2D eigenvalue weighted by Crippen LogP contribution is -2.14. The molecule has 0 aromatic heterocycles. The minimum absolute atomic E-state index is 0.106. The second-order valence-electron chi connectivity index (χ2n) is 8.58. The molecule has 154 valence electrons. The van der Waals surface area contributed by atoms with E-state index >= 15 is 4.39 Å². The highest BCUT2D eigenvalue weighted by molar-refractivity contribution is 5.92. The van der Waals surface area contributed by atoms with Crippen LogP contribution in [0.5, 0.6) is 0 Å². The molecular formula is C28H23F2N. The van der Waals surface area contributed by atoms with E-state index in [0.29, 0.717) is 11.4 Å². The Bertz CT molecular complexity index is 1310. The Labute approximate surface area is 181 Å². The molecule has 0 N–H and O–H groups in total. The number of para-hydroxylation sites is 1. The quantitative estimate of drug-likeness (QED) is 0.334. The van der Waals surface area contributed by atoms with Crippen molar-refractivity contribution in [3.8, 4) is 22.3 Å². The van der Waals surface area contributed by atoms with Gasteiger partial charge in [-0.1, -0.05) is 74.5 Å². The molecule has 1 aliphatic carbocycles. The second-order valence-corrected chi connectivity index (χ2v) is 8.58. The maximum absolute atomic E-state index is 15.2. The van der Waals surface area contributed by atoms with Crippen LogP contribution < -0.4 is 4.90 Å². The highest BCUT2D eigenvalue weighted by Gasteiger charge is 2.36. The van der Waals surface area contributed by atoms with E-state index in [2.05, 4.69) is 38.1 Å². The Kier molecular flexibility index (Phi) is 4.44. The van der Waals surface area contributed by atoms with Crippen molar-refractivity contribution in [2.24, 2.45) is 0 Å². The maximum Gasteiger partial charge on any atom is 0.147 e. The molecule has 0 amide bonds. The molecule has 0 unspecified atom stereocenters. The lowest BCUT2D eigenvalue weighted by atomic mass is 9.82. The van der Waals surface area contributed by atoms with Gasteiger partial charge in [0.05, 0.1) is 11.4 Å². The van der Waals surface area contributed by atoms with Crippen molar-refractivity contribution < 1.29 is 8.78 Å². The topological polar surface area (TPSA) is 3.24 Å². The molecule has 0 heterocycles. The number of anilines is 2. The molecule has 0 radical (unpaired) electrons. The summed E-state index contributed by atoms with van der Waals surface area (Å²) in [6.45, 7) is 4.46. The molecule has 4 aromatic rings. The van der Waals surface area contributed by atoms with Crippen LogP contribution in [0.2, 0.25) is 0 Å². The first kappa shape index (κ1) is 19.5. The van der Waals surface area contributed by atoms with Crippen molar-refractivity contribution in [2.75, 3.05) is 11.9 Å². The van der Waals surface area contributed by atoms with E-state index in [1.54, 1.807) is 42.3 Å². The van der Waals surface area contributed by atoms with Gasteiger partial charge < -0.3 is 4.90 Å². The maximum atomic E-state index is 15.2. The van der Waals surface area contributed by atoms with Crippen LogP contribution in [0.15, 0.2) is 84.9 Å². The van der Waals surface area contributed by atoms with Gasteiger partial charge in [0.2, 0.25) is 0 Å². The van der Waals surface area contributed by atoms with Crippen LogP contribution in [0.3, 0.4) is 0 Å². The van der Waals surface area contributed by atoms with Gasteiger partial charge in [0, 0.05) is 12.5 Å². The van der Waals surface area contributed by atoms with Crippen molar-refractivity contribution in [3.05, 3.63) is 108 Å². The number of nitrogens with zero attached hydrogens (tertiary/aromatic N) is 1. The number of hydrogen-bond acceptors (Lipinski definition) is 1. The predicted octanol–water partition coefficient (Wildman–Crippen LogP) is 7.71. The van der Waals surface area contributed by atoms with E-state index in [4.69, 9.17) is 0 Å². The summed E-state index contributed by atoms with van der Waals surface area (Å²) < 4.78 is 29.4. The molecule has 0 aliphatic heterocycles. The summed E-state index contributed by atoms with van der Waals surface area (Å²) in [6.07, 6.45) is 0. The molecule has 0 spiro atoms. The van der Waals surface area contributed by atoms with Crippen LogP contribution in [0, 0.1) is 11.6 Å². The minimum Gasteiger partial charge on any atom is -0.340 e. The fourth-order valence-electron chi connectivity index (χ4n) is 4.80. The Morgan fingerprint density at radius 3 is 2.06 bits per heavy atom. The molecule has 4 aromatic carbocycles. The number of benzene rings is 4. The fraction of sp³-hybridized carbons (Fsp3) is 0.143. The SMILES string of the molecule is CN(c1ccccc1F)c1ccc(-c2cccc3c2-c2ccccc2C3(C)C)cc1F. The first-order valence-corrected chi connectivity index (χ1v) is 10.4. The molecule has 0 saturated carbocycles. The van der Waals surface area contributed by atoms with Gasteiger partial charge in [0.1, 0.15) is 11.6 Å². The van der Waals surface area contributed by atoms with E-state index in [1.165, 1.54) is 22.8 Å². The average molecular weight is 411 g/mol. The lowest BCUT2D eigenvalue weighted by molar-refractivity contribution is 0.617. The average Bonchev–Trinajstić information content (AvgIpc) is 3.01. The predicted molar refractivity (Wildman–Crippen MR) is 124 cm³/mol. The summed E-state index contributed by atoms with van der Waals surface area (Å²) in [6, 6.07) is 26.3. The van der Waals surface area contributed by atoms with Gasteiger partial charge in [-0.3, -0.25) is 0 Å². The zero-order valence-electron chi connectivity index (χ0n) is 17.8. The number of rotatable bonds is 3. The van der Waals surface area contributed by atoms with Gasteiger partial charge in [0.15, 0.2) is 0 Å². The largest absolute Gasteiger partial charge is 0.340 e. The molecule has 5 rings (SSSR count). The van der Waals surface area contributed by atoms with Gasteiger partial charge in [-0.05, 0) is 57.6 Å². The second kappa shape index (κ2) is 7.05. The Balaban J connectivity index is 1.63. The van der Waals surface area contributed by atoms with E-state index in [-0.39, 0.29) is 17.0 Å². The zero-order chi connectivity index (χ0) is 21.8. The summed E-state index contributed by atoms with van der Waals surface area (Å²) in [5.74, 6) is -0.764. The third-order valence-corrected chi connectivity index (χ3v) is 6.44. The highest BCUT2D eigenvalue weighted by Crippen LogP contribution is 2.52. The molecule has 31 heavy (non-hydrogen) atoms. The van der Waals surface area contributed by atoms with Crippen molar-refractivity contribution in [2.45, 2.75) is 19.3 Å². The fourth-order valence-corrected chi connectivity index (χ4v) is 4.80. The molecular weight excluding hydrogens is 388 g/mol. The van der Waals surface area contributed by atoms with E-state index in [9.17, 15) is 4.39 Å². The van der Waals surface area contributed by atoms with Gasteiger partial charge in [-0.15, -0.1) is 0 Å². The third-order valence-electron chi connectivity index (χ3n) is 6.44. The van der Waals surface area contributed by atoms with Gasteiger partial charge in [-0.2, -0.15) is 0 Å². The molecule has 1 nitrogen and oxygen atoms in total. The van der Waals surface area contributed by atoms with Crippen LogP contribution in [-0.4, -0.2) is 7.05 Å². The van der Waals surface area contributed by atoms with E-state index in [1.807, 2.05) is 24.3 Å². The standard InChI is InChI=1S/C28H23F2N/c1-28(2)21-11-5-4-9-20(21)27-19(10-8-12-22(27)28)18-15-16-26(24(30)17-18)31(3)25-14-7-6-13-23(25)29/h4-17H,1-3H3. The Hall–Kier alpha value is -3.46. The van der Waals surface area contributed by atoms with Crippen LogP contribution in [0.4, 0.5) is 20.2 Å². The van der Waals surface area contributed by atoms with Crippen molar-refractivity contribution in [1.82, 2.24) is 0 Å². The zero-order valence-corrected chi connectivity index (χ0v) is 17.8. The first-order chi connectivity index (χ1) is 14.9. The summed E-state index contributed by atoms with van der Waals surface area (Å²) in [7, 11) is 1.68. The molecule has 0 saturated heterocycles. The lowest BCUT2D eigenvalue weighted by Gasteiger charge is -2.22.